The Hall–Kier alpha value is -3.42. The lowest BCUT2D eigenvalue weighted by atomic mass is 9.85. The maximum atomic E-state index is 10.8. The normalized spacial score (nSPS) is 19.4. The number of aryl methyl sites for hydroxylation is 1. The Labute approximate surface area is 211 Å². The molecule has 0 bridgehead atoms. The van der Waals surface area contributed by atoms with Crippen LogP contribution >= 0.6 is 0 Å². The minimum absolute atomic E-state index is 0.200. The molecule has 0 saturated heterocycles. The number of aliphatic carboxylic acids is 1. The molecule has 1 N–H and O–H groups in total. The van der Waals surface area contributed by atoms with E-state index in [1.54, 1.807) is 0 Å². The summed E-state index contributed by atoms with van der Waals surface area (Å²) in [6.07, 6.45) is 4.33. The fraction of sp³-hybridized carbons (Fsp3) is 0.379. The molecule has 0 aromatic heterocycles. The van der Waals surface area contributed by atoms with Crippen LogP contribution in [0.5, 0.6) is 5.75 Å². The number of nitrogens with zero attached hydrogens (tertiary/aromatic N) is 2. The molecule has 0 fully saturated rings. The Balaban J connectivity index is 1.53. The van der Waals surface area contributed by atoms with E-state index in [0.29, 0.717) is 6.54 Å². The Kier molecular flexibility index (Phi) is 6.45. The van der Waals surface area contributed by atoms with Crippen LogP contribution in [0.25, 0.3) is 6.08 Å². The number of fused-ring (bicyclic) bond motifs is 5. The number of benzene rings is 2. The molecule has 0 spiro atoms. The van der Waals surface area contributed by atoms with Gasteiger partial charge in [0.2, 0.25) is 11.4 Å². The monoisotopic (exact) mass is 489 g/mol. The molecule has 1 unspecified atom stereocenters. The maximum Gasteiger partial charge on any atom is 0.329 e. The molecule has 0 amide bonds. The average Bonchev–Trinajstić information content (AvgIpc) is 3.11. The fourth-order valence-electron chi connectivity index (χ4n) is 5.40. The van der Waals surface area contributed by atoms with Gasteiger partial charge in [0.25, 0.3) is 0 Å². The third-order valence-corrected chi connectivity index (χ3v) is 7.15. The van der Waals surface area contributed by atoms with Gasteiger partial charge in [0, 0.05) is 42.5 Å². The van der Waals surface area contributed by atoms with Gasteiger partial charge in [-0.15, -0.1) is 0 Å². The van der Waals surface area contributed by atoms with Gasteiger partial charge in [-0.1, -0.05) is 11.6 Å². The molecule has 5 rings (SSSR count). The van der Waals surface area contributed by atoms with E-state index in [1.165, 1.54) is 0 Å². The highest BCUT2D eigenvalue weighted by Crippen LogP contribution is 2.48. The van der Waals surface area contributed by atoms with Crippen LogP contribution in [0.1, 0.15) is 37.5 Å². The largest absolute Gasteiger partial charge is 0.480 e. The van der Waals surface area contributed by atoms with Crippen LogP contribution in [0.4, 0.5) is 11.4 Å². The number of carbonyl (C=O) groups is 1. The van der Waals surface area contributed by atoms with Crippen LogP contribution in [0, 0.1) is 6.92 Å². The highest BCUT2D eigenvalue weighted by atomic mass is 16.5. The molecule has 2 aromatic carbocycles. The molecular formula is C29H33N2O5+. The highest BCUT2D eigenvalue weighted by Gasteiger charge is 2.54. The number of hydrogen-bond donors (Lipinski definition) is 1. The van der Waals surface area contributed by atoms with E-state index in [4.69, 9.17) is 19.3 Å². The molecular weight excluding hydrogens is 456 g/mol. The molecule has 188 valence electrons. The number of anilines is 1. The summed E-state index contributed by atoms with van der Waals surface area (Å²) in [4.78, 5) is 13.1. The Morgan fingerprint density at radius 3 is 2.72 bits per heavy atom. The SMILES string of the molecule is CCN(CC)c1ccc2c(c1)OC1=CC[N+]3=C(C1=C2)C(C)(OCCOCC(=O)O)c1cc(C)ccc13. The molecule has 36 heavy (non-hydrogen) atoms. The highest BCUT2D eigenvalue weighted by molar-refractivity contribution is 6.13. The first-order chi connectivity index (χ1) is 17.4. The average molecular weight is 490 g/mol. The summed E-state index contributed by atoms with van der Waals surface area (Å²) in [6, 6.07) is 12.8. The molecule has 3 aliphatic rings. The standard InChI is InChI=1S/C29H32N2O5/c1-5-30(6-2)21-9-8-20-16-22-25(36-26(20)17-21)11-12-31-24-10-7-19(3)15-23(24)29(4,28(22)31)35-14-13-34-18-27(32)33/h7-11,15-17H,5-6,12-14,18H2,1-4H3/p+1. The predicted octanol–water partition coefficient (Wildman–Crippen LogP) is 4.65. The second-order valence-corrected chi connectivity index (χ2v) is 9.43. The molecule has 3 aliphatic heterocycles. The third-order valence-electron chi connectivity index (χ3n) is 7.15. The molecule has 3 heterocycles. The van der Waals surface area contributed by atoms with Crippen molar-refractivity contribution in [3.63, 3.8) is 0 Å². The smallest absolute Gasteiger partial charge is 0.329 e. The Bertz CT molecular complexity index is 1300. The van der Waals surface area contributed by atoms with Crippen LogP contribution < -0.4 is 9.64 Å². The van der Waals surface area contributed by atoms with Crippen molar-refractivity contribution in [1.82, 2.24) is 0 Å². The minimum Gasteiger partial charge on any atom is -0.480 e. The van der Waals surface area contributed by atoms with Crippen LogP contribution in [-0.4, -0.2) is 60.8 Å². The first-order valence-corrected chi connectivity index (χ1v) is 12.5. The maximum absolute atomic E-state index is 10.8. The summed E-state index contributed by atoms with van der Waals surface area (Å²) in [6.45, 7) is 11.2. The molecule has 0 saturated carbocycles. The van der Waals surface area contributed by atoms with Crippen LogP contribution in [0.2, 0.25) is 0 Å². The van der Waals surface area contributed by atoms with Gasteiger partial charge in [-0.05, 0) is 52.0 Å². The van der Waals surface area contributed by atoms with Crippen LogP contribution in [-0.2, 0) is 19.9 Å². The van der Waals surface area contributed by atoms with Crippen molar-refractivity contribution in [1.29, 1.82) is 0 Å². The molecule has 7 nitrogen and oxygen atoms in total. The van der Waals surface area contributed by atoms with Gasteiger partial charge in [-0.3, -0.25) is 0 Å². The van der Waals surface area contributed by atoms with Gasteiger partial charge in [-0.2, -0.15) is 4.58 Å². The van der Waals surface area contributed by atoms with E-state index in [0.717, 1.165) is 63.9 Å². The van der Waals surface area contributed by atoms with E-state index in [-0.39, 0.29) is 19.8 Å². The van der Waals surface area contributed by atoms with Crippen LogP contribution in [0.15, 0.2) is 53.8 Å². The van der Waals surface area contributed by atoms with Crippen molar-refractivity contribution in [2.45, 2.75) is 33.3 Å². The number of carboxylic acid groups (broad SMARTS) is 1. The number of rotatable bonds is 9. The lowest BCUT2D eigenvalue weighted by molar-refractivity contribution is -0.428. The van der Waals surface area contributed by atoms with Crippen molar-refractivity contribution in [2.75, 3.05) is 44.4 Å². The van der Waals surface area contributed by atoms with Crippen molar-refractivity contribution < 1.29 is 28.7 Å². The number of ether oxygens (including phenoxy) is 3. The molecule has 0 radical (unpaired) electrons. The Morgan fingerprint density at radius 1 is 1.17 bits per heavy atom. The van der Waals surface area contributed by atoms with Crippen molar-refractivity contribution >= 4 is 29.1 Å². The zero-order chi connectivity index (χ0) is 25.4. The first-order valence-electron chi connectivity index (χ1n) is 12.5. The Morgan fingerprint density at radius 2 is 1.97 bits per heavy atom. The lowest BCUT2D eigenvalue weighted by Gasteiger charge is -2.30. The lowest BCUT2D eigenvalue weighted by Crippen LogP contribution is -2.40. The topological polar surface area (TPSA) is 71.2 Å². The van der Waals surface area contributed by atoms with Gasteiger partial charge in [0.05, 0.1) is 24.4 Å². The van der Waals surface area contributed by atoms with Gasteiger partial charge in [-0.25, -0.2) is 4.79 Å². The summed E-state index contributed by atoms with van der Waals surface area (Å²) in [5.41, 5.74) is 6.86. The van der Waals surface area contributed by atoms with Gasteiger partial charge >= 0.3 is 5.97 Å². The van der Waals surface area contributed by atoms with E-state index in [2.05, 4.69) is 85.7 Å². The number of carboxylic acids is 1. The zero-order valence-electron chi connectivity index (χ0n) is 21.3. The van der Waals surface area contributed by atoms with Crippen molar-refractivity contribution in [3.8, 4) is 5.75 Å². The van der Waals surface area contributed by atoms with E-state index in [1.807, 2.05) is 0 Å². The second-order valence-electron chi connectivity index (χ2n) is 9.43. The predicted molar refractivity (Wildman–Crippen MR) is 139 cm³/mol. The fourth-order valence-corrected chi connectivity index (χ4v) is 5.40. The number of hydrogen-bond acceptors (Lipinski definition) is 5. The van der Waals surface area contributed by atoms with E-state index >= 15 is 0 Å². The third kappa shape index (κ3) is 4.12. The second kappa shape index (κ2) is 9.56. The molecule has 7 heteroatoms. The number of allylic oxidation sites excluding steroid dienone is 1. The molecule has 2 aromatic rings. The summed E-state index contributed by atoms with van der Waals surface area (Å²) < 4.78 is 20.5. The van der Waals surface area contributed by atoms with E-state index in [9.17, 15) is 4.79 Å². The van der Waals surface area contributed by atoms with Crippen molar-refractivity contribution in [3.05, 3.63) is 70.5 Å². The van der Waals surface area contributed by atoms with Crippen LogP contribution in [0.3, 0.4) is 0 Å². The van der Waals surface area contributed by atoms with Gasteiger partial charge < -0.3 is 24.2 Å². The van der Waals surface area contributed by atoms with E-state index < -0.39 is 11.6 Å². The summed E-state index contributed by atoms with van der Waals surface area (Å²) >= 11 is 0. The summed E-state index contributed by atoms with van der Waals surface area (Å²) in [5, 5.41) is 8.87. The minimum atomic E-state index is -0.988. The first kappa shape index (κ1) is 24.3. The zero-order valence-corrected chi connectivity index (χ0v) is 21.3. The summed E-state index contributed by atoms with van der Waals surface area (Å²) in [7, 11) is 0. The van der Waals surface area contributed by atoms with Gasteiger partial charge in [0.15, 0.2) is 12.1 Å². The van der Waals surface area contributed by atoms with Crippen molar-refractivity contribution in [2.24, 2.45) is 0 Å². The quantitative estimate of drug-likeness (QED) is 0.409. The molecule has 1 atom stereocenters. The molecule has 0 aliphatic carbocycles. The summed E-state index contributed by atoms with van der Waals surface area (Å²) in [5.74, 6) is 0.712. The van der Waals surface area contributed by atoms with Gasteiger partial charge in [0.1, 0.15) is 18.1 Å².